The number of carboxylic acid groups (broad SMARTS) is 1. The van der Waals surface area contributed by atoms with Crippen LogP contribution in [-0.4, -0.2) is 39.3 Å². The third kappa shape index (κ3) is 10.6. The van der Waals surface area contributed by atoms with Gasteiger partial charge in [0.15, 0.2) is 0 Å². The van der Waals surface area contributed by atoms with Gasteiger partial charge in [-0.2, -0.15) is 0 Å². The zero-order chi connectivity index (χ0) is 20.1. The van der Waals surface area contributed by atoms with Crippen molar-refractivity contribution in [3.63, 3.8) is 0 Å². The Kier molecular flexibility index (Phi) is 11.2. The summed E-state index contributed by atoms with van der Waals surface area (Å²) in [6, 6.07) is 5.12. The third-order valence-corrected chi connectivity index (χ3v) is 4.57. The Hall–Kier alpha value is -2.08. The van der Waals surface area contributed by atoms with E-state index < -0.39 is 24.0 Å². The Morgan fingerprint density at radius 1 is 1.00 bits per heavy atom. The fraction of sp³-hybridized carbons (Fsp3) is 0.619. The number of hydrogen-bond acceptors (Lipinski definition) is 4. The maximum Gasteiger partial charge on any atom is 0.326 e. The average molecular weight is 379 g/mol. The summed E-state index contributed by atoms with van der Waals surface area (Å²) in [5.74, 6) is -1.49. The number of amides is 1. The van der Waals surface area contributed by atoms with Gasteiger partial charge in [-0.15, -0.1) is 0 Å². The van der Waals surface area contributed by atoms with Crippen molar-refractivity contribution in [2.24, 2.45) is 0 Å². The van der Waals surface area contributed by atoms with Crippen molar-refractivity contribution in [2.45, 2.75) is 83.3 Å². The van der Waals surface area contributed by atoms with Gasteiger partial charge in [-0.05, 0) is 24.1 Å². The van der Waals surface area contributed by atoms with Gasteiger partial charge in [-0.25, -0.2) is 4.79 Å². The number of aliphatic hydroxyl groups is 1. The zero-order valence-electron chi connectivity index (χ0n) is 16.2. The molecule has 0 spiro atoms. The smallest absolute Gasteiger partial charge is 0.326 e. The van der Waals surface area contributed by atoms with E-state index in [-0.39, 0.29) is 18.6 Å². The first-order chi connectivity index (χ1) is 12.9. The molecule has 0 aliphatic carbocycles. The van der Waals surface area contributed by atoms with Crippen molar-refractivity contribution < 1.29 is 24.9 Å². The highest BCUT2D eigenvalue weighted by Crippen LogP contribution is 2.13. The van der Waals surface area contributed by atoms with Crippen LogP contribution in [0.2, 0.25) is 0 Å². The van der Waals surface area contributed by atoms with Crippen LogP contribution in [0.1, 0.15) is 70.3 Å². The Morgan fingerprint density at radius 3 is 2.19 bits per heavy atom. The number of carbonyl (C=O) groups is 2. The minimum absolute atomic E-state index is 0.0881. The monoisotopic (exact) mass is 379 g/mol. The Bertz CT molecular complexity index is 558. The van der Waals surface area contributed by atoms with E-state index in [2.05, 4.69) is 12.2 Å². The highest BCUT2D eigenvalue weighted by Gasteiger charge is 2.21. The lowest BCUT2D eigenvalue weighted by Crippen LogP contribution is -2.43. The SMILES string of the molecule is CCCCCCCCCC(O)CC(=O)N[C@@H](Cc1ccc(O)cc1)C(=O)O. The number of aliphatic carboxylic acids is 1. The molecular weight excluding hydrogens is 346 g/mol. The van der Waals surface area contributed by atoms with Gasteiger partial charge in [0.2, 0.25) is 5.91 Å². The molecule has 0 fully saturated rings. The number of phenolic OH excluding ortho intramolecular Hbond substituents is 1. The topological polar surface area (TPSA) is 107 Å². The predicted octanol–water partition coefficient (Wildman–Crippen LogP) is 3.40. The van der Waals surface area contributed by atoms with Crippen molar-refractivity contribution in [3.05, 3.63) is 29.8 Å². The maximum atomic E-state index is 12.0. The van der Waals surface area contributed by atoms with Gasteiger partial charge in [-0.3, -0.25) is 4.79 Å². The molecule has 152 valence electrons. The molecule has 0 bridgehead atoms. The lowest BCUT2D eigenvalue weighted by molar-refractivity contribution is -0.142. The Labute approximate surface area is 161 Å². The molecule has 0 aliphatic heterocycles. The number of aromatic hydroxyl groups is 1. The summed E-state index contributed by atoms with van der Waals surface area (Å²) >= 11 is 0. The normalized spacial score (nSPS) is 13.1. The van der Waals surface area contributed by atoms with E-state index in [9.17, 15) is 24.9 Å². The molecule has 0 saturated carbocycles. The van der Waals surface area contributed by atoms with Gasteiger partial charge in [0.05, 0.1) is 12.5 Å². The number of aliphatic hydroxyl groups excluding tert-OH is 1. The van der Waals surface area contributed by atoms with Crippen LogP contribution in [0.4, 0.5) is 0 Å². The summed E-state index contributed by atoms with van der Waals surface area (Å²) in [5, 5.41) is 31.1. The molecule has 4 N–H and O–H groups in total. The van der Waals surface area contributed by atoms with Gasteiger partial charge in [-0.1, -0.05) is 64.0 Å². The van der Waals surface area contributed by atoms with Gasteiger partial charge >= 0.3 is 5.97 Å². The zero-order valence-corrected chi connectivity index (χ0v) is 16.2. The molecule has 27 heavy (non-hydrogen) atoms. The van der Waals surface area contributed by atoms with Crippen LogP contribution in [0.25, 0.3) is 0 Å². The van der Waals surface area contributed by atoms with Crippen LogP contribution >= 0.6 is 0 Å². The first-order valence-corrected chi connectivity index (χ1v) is 9.90. The second kappa shape index (κ2) is 13.1. The van der Waals surface area contributed by atoms with E-state index in [1.165, 1.54) is 37.8 Å². The van der Waals surface area contributed by atoms with Gasteiger partial charge < -0.3 is 20.6 Å². The number of benzene rings is 1. The van der Waals surface area contributed by atoms with E-state index in [1.54, 1.807) is 12.1 Å². The molecule has 0 aliphatic rings. The van der Waals surface area contributed by atoms with Crippen molar-refractivity contribution in [1.82, 2.24) is 5.32 Å². The van der Waals surface area contributed by atoms with Crippen LogP contribution in [0.15, 0.2) is 24.3 Å². The van der Waals surface area contributed by atoms with Crippen LogP contribution < -0.4 is 5.32 Å². The summed E-state index contributed by atoms with van der Waals surface area (Å²) in [6.07, 6.45) is 7.84. The van der Waals surface area contributed by atoms with Crippen molar-refractivity contribution >= 4 is 11.9 Å². The van der Waals surface area contributed by atoms with Gasteiger partial charge in [0.25, 0.3) is 0 Å². The van der Waals surface area contributed by atoms with E-state index in [4.69, 9.17) is 0 Å². The van der Waals surface area contributed by atoms with Gasteiger partial charge in [0, 0.05) is 6.42 Å². The van der Waals surface area contributed by atoms with E-state index >= 15 is 0 Å². The third-order valence-electron chi connectivity index (χ3n) is 4.57. The number of hydrogen-bond donors (Lipinski definition) is 4. The molecule has 0 radical (unpaired) electrons. The lowest BCUT2D eigenvalue weighted by Gasteiger charge is -2.16. The second-order valence-electron chi connectivity index (χ2n) is 7.10. The standard InChI is InChI=1S/C21H33NO5/c1-2-3-4-5-6-7-8-9-18(24)15-20(25)22-19(21(26)27)14-16-10-12-17(23)13-11-16/h10-13,18-19,23-24H,2-9,14-15H2,1H3,(H,22,25)(H,26,27)/t18?,19-/m0/s1. The van der Waals surface area contributed by atoms with Crippen LogP contribution in [0.5, 0.6) is 5.75 Å². The molecule has 0 heterocycles. The van der Waals surface area contributed by atoms with E-state index in [0.717, 1.165) is 19.3 Å². The van der Waals surface area contributed by atoms with Crippen LogP contribution in [0.3, 0.4) is 0 Å². The number of unbranched alkanes of at least 4 members (excludes halogenated alkanes) is 6. The van der Waals surface area contributed by atoms with Crippen LogP contribution in [-0.2, 0) is 16.0 Å². The van der Waals surface area contributed by atoms with Crippen LogP contribution in [0, 0.1) is 0 Å². The number of phenols is 1. The lowest BCUT2D eigenvalue weighted by atomic mass is 10.0. The summed E-state index contributed by atoms with van der Waals surface area (Å²) in [7, 11) is 0. The number of carboxylic acids is 1. The highest BCUT2D eigenvalue weighted by atomic mass is 16.4. The summed E-state index contributed by atoms with van der Waals surface area (Å²) in [4.78, 5) is 23.4. The summed E-state index contributed by atoms with van der Waals surface area (Å²) in [6.45, 7) is 2.18. The predicted molar refractivity (Wildman–Crippen MR) is 105 cm³/mol. The van der Waals surface area contributed by atoms with E-state index in [1.807, 2.05) is 0 Å². The Morgan fingerprint density at radius 2 is 1.59 bits per heavy atom. The average Bonchev–Trinajstić information content (AvgIpc) is 2.62. The molecule has 2 atom stereocenters. The van der Waals surface area contributed by atoms with Crippen molar-refractivity contribution in [2.75, 3.05) is 0 Å². The minimum atomic E-state index is -1.13. The first-order valence-electron chi connectivity index (χ1n) is 9.90. The summed E-state index contributed by atoms with van der Waals surface area (Å²) in [5.41, 5.74) is 0.698. The molecule has 1 unspecified atom stereocenters. The molecular formula is C21H33NO5. The number of rotatable bonds is 14. The molecule has 0 aromatic heterocycles. The molecule has 6 heteroatoms. The summed E-state index contributed by atoms with van der Waals surface area (Å²) < 4.78 is 0. The largest absolute Gasteiger partial charge is 0.508 e. The molecule has 1 amide bonds. The maximum absolute atomic E-state index is 12.0. The molecule has 1 aromatic carbocycles. The van der Waals surface area contributed by atoms with Crippen molar-refractivity contribution in [3.8, 4) is 5.75 Å². The number of carbonyl (C=O) groups excluding carboxylic acids is 1. The fourth-order valence-electron chi connectivity index (χ4n) is 2.97. The van der Waals surface area contributed by atoms with Crippen molar-refractivity contribution in [1.29, 1.82) is 0 Å². The first kappa shape index (κ1) is 23.0. The molecule has 1 rings (SSSR count). The molecule has 1 aromatic rings. The van der Waals surface area contributed by atoms with E-state index in [0.29, 0.717) is 12.0 Å². The quantitative estimate of drug-likeness (QED) is 0.371. The Balaban J connectivity index is 2.30. The fourth-order valence-corrected chi connectivity index (χ4v) is 2.97. The molecule has 0 saturated heterocycles. The minimum Gasteiger partial charge on any atom is -0.508 e. The second-order valence-corrected chi connectivity index (χ2v) is 7.10. The highest BCUT2D eigenvalue weighted by molar-refractivity contribution is 5.84. The molecule has 6 nitrogen and oxygen atoms in total. The van der Waals surface area contributed by atoms with Gasteiger partial charge in [0.1, 0.15) is 11.8 Å². The number of nitrogens with one attached hydrogen (secondary N) is 1.